The van der Waals surface area contributed by atoms with Crippen molar-refractivity contribution in [2.45, 2.75) is 6.42 Å². The van der Waals surface area contributed by atoms with Gasteiger partial charge in [-0.1, -0.05) is 72.8 Å². The molecule has 0 bridgehead atoms. The van der Waals surface area contributed by atoms with E-state index in [0.717, 1.165) is 12.3 Å². The molecule has 0 saturated carbocycles. The van der Waals surface area contributed by atoms with Gasteiger partial charge >= 0.3 is 0 Å². The molecule has 6 rings (SSSR count). The highest BCUT2D eigenvalue weighted by atomic mass is 16.5. The molecule has 0 saturated heterocycles. The van der Waals surface area contributed by atoms with Crippen LogP contribution in [0.25, 0.3) is 27.6 Å². The van der Waals surface area contributed by atoms with Crippen LogP contribution >= 0.6 is 0 Å². The summed E-state index contributed by atoms with van der Waals surface area (Å²) in [5, 5.41) is 8.66. The Morgan fingerprint density at radius 3 is 2.37 bits per heavy atom. The van der Waals surface area contributed by atoms with E-state index in [0.29, 0.717) is 6.61 Å². The summed E-state index contributed by atoms with van der Waals surface area (Å²) in [7, 11) is 0. The molecule has 0 radical (unpaired) electrons. The lowest BCUT2D eigenvalue weighted by atomic mass is 10.0. The van der Waals surface area contributed by atoms with Crippen molar-refractivity contribution in [2.75, 3.05) is 18.5 Å². The summed E-state index contributed by atoms with van der Waals surface area (Å²) in [5.74, 6) is 0.992. The van der Waals surface area contributed by atoms with E-state index in [2.05, 4.69) is 84.2 Å². The Kier molecular flexibility index (Phi) is 4.02. The summed E-state index contributed by atoms with van der Waals surface area (Å²) in [6.45, 7) is 1.77. The summed E-state index contributed by atoms with van der Waals surface area (Å²) < 4.78 is 5.54. The SMILES string of the molecule is C1=Cc2c(ccc3ccccc23)OC1.c1ccc2c3c(ccc2c1)CCN3. The number of ether oxygens (including phenoxy) is 1. The molecule has 0 aromatic heterocycles. The van der Waals surface area contributed by atoms with Crippen molar-refractivity contribution in [3.63, 3.8) is 0 Å². The Labute approximate surface area is 159 Å². The van der Waals surface area contributed by atoms with Crippen molar-refractivity contribution >= 4 is 33.3 Å². The van der Waals surface area contributed by atoms with Gasteiger partial charge < -0.3 is 10.1 Å². The summed E-state index contributed by atoms with van der Waals surface area (Å²) >= 11 is 0. The zero-order valence-corrected chi connectivity index (χ0v) is 15.1. The lowest BCUT2D eigenvalue weighted by Crippen LogP contribution is -2.00. The molecule has 4 aromatic carbocycles. The van der Waals surface area contributed by atoms with E-state index in [1.807, 2.05) is 6.07 Å². The van der Waals surface area contributed by atoms with E-state index in [4.69, 9.17) is 4.74 Å². The maximum absolute atomic E-state index is 5.54. The zero-order chi connectivity index (χ0) is 18.1. The Morgan fingerprint density at radius 2 is 1.48 bits per heavy atom. The van der Waals surface area contributed by atoms with Gasteiger partial charge in [0.1, 0.15) is 12.4 Å². The number of hydrogen-bond donors (Lipinski definition) is 1. The van der Waals surface area contributed by atoms with Gasteiger partial charge in [-0.3, -0.25) is 0 Å². The Bertz CT molecular complexity index is 1160. The molecular weight excluding hydrogens is 330 g/mol. The topological polar surface area (TPSA) is 21.3 Å². The number of benzene rings is 4. The van der Waals surface area contributed by atoms with Crippen LogP contribution in [0.5, 0.6) is 5.75 Å². The van der Waals surface area contributed by atoms with Crippen molar-refractivity contribution in [2.24, 2.45) is 0 Å². The van der Waals surface area contributed by atoms with Crippen LogP contribution in [-0.4, -0.2) is 13.2 Å². The normalized spacial score (nSPS) is 13.9. The standard InChI is InChI=1S/C13H10O.C12H11N/c1-2-5-11-10(4-1)7-8-13-12(11)6-3-9-14-13;1-2-4-11-9(3-1)5-6-10-7-8-13-12(10)11/h1-8H,9H2;1-6,13H,7-8H2. The van der Waals surface area contributed by atoms with E-state index < -0.39 is 0 Å². The van der Waals surface area contributed by atoms with Crippen LogP contribution in [0.2, 0.25) is 0 Å². The molecule has 2 nitrogen and oxygen atoms in total. The van der Waals surface area contributed by atoms with Crippen molar-refractivity contribution in [1.82, 2.24) is 0 Å². The van der Waals surface area contributed by atoms with Gasteiger partial charge in [0, 0.05) is 23.2 Å². The van der Waals surface area contributed by atoms with Gasteiger partial charge in [0.15, 0.2) is 0 Å². The van der Waals surface area contributed by atoms with Gasteiger partial charge in [0.2, 0.25) is 0 Å². The van der Waals surface area contributed by atoms with Crippen LogP contribution in [0.15, 0.2) is 78.9 Å². The minimum atomic E-state index is 0.686. The molecular formula is C25H21NO. The molecule has 2 aliphatic rings. The third kappa shape index (κ3) is 2.93. The first-order valence-corrected chi connectivity index (χ1v) is 9.46. The van der Waals surface area contributed by atoms with E-state index in [1.165, 1.54) is 44.8 Å². The largest absolute Gasteiger partial charge is 0.489 e. The van der Waals surface area contributed by atoms with Gasteiger partial charge in [-0.2, -0.15) is 0 Å². The highest BCUT2D eigenvalue weighted by Crippen LogP contribution is 2.32. The maximum atomic E-state index is 5.54. The molecule has 132 valence electrons. The predicted octanol–water partition coefficient (Wildman–Crippen LogP) is 6.05. The van der Waals surface area contributed by atoms with Crippen molar-refractivity contribution in [1.29, 1.82) is 0 Å². The van der Waals surface area contributed by atoms with Crippen LogP contribution in [0.1, 0.15) is 11.1 Å². The van der Waals surface area contributed by atoms with E-state index in [1.54, 1.807) is 0 Å². The number of fused-ring (bicyclic) bond motifs is 6. The summed E-state index contributed by atoms with van der Waals surface area (Å²) in [6.07, 6.45) is 5.36. The van der Waals surface area contributed by atoms with Crippen LogP contribution in [-0.2, 0) is 6.42 Å². The van der Waals surface area contributed by atoms with E-state index >= 15 is 0 Å². The van der Waals surface area contributed by atoms with Crippen LogP contribution in [0.4, 0.5) is 5.69 Å². The van der Waals surface area contributed by atoms with Crippen LogP contribution < -0.4 is 10.1 Å². The minimum absolute atomic E-state index is 0.686. The lowest BCUT2D eigenvalue weighted by molar-refractivity contribution is 0.359. The lowest BCUT2D eigenvalue weighted by Gasteiger charge is -2.14. The molecule has 0 fully saturated rings. The third-order valence-corrected chi connectivity index (χ3v) is 5.26. The molecule has 0 unspecified atom stereocenters. The quantitative estimate of drug-likeness (QED) is 0.416. The molecule has 0 atom stereocenters. The van der Waals surface area contributed by atoms with Crippen molar-refractivity contribution in [3.05, 3.63) is 90.0 Å². The second-order valence-corrected chi connectivity index (χ2v) is 6.91. The molecule has 27 heavy (non-hydrogen) atoms. The molecule has 0 spiro atoms. The third-order valence-electron chi connectivity index (χ3n) is 5.26. The summed E-state index contributed by atoms with van der Waals surface area (Å²) in [6, 6.07) is 25.5. The van der Waals surface area contributed by atoms with E-state index in [-0.39, 0.29) is 0 Å². The highest BCUT2D eigenvalue weighted by Gasteiger charge is 2.11. The fourth-order valence-electron chi connectivity index (χ4n) is 3.93. The van der Waals surface area contributed by atoms with Crippen LogP contribution in [0.3, 0.4) is 0 Å². The second-order valence-electron chi connectivity index (χ2n) is 6.91. The number of rotatable bonds is 0. The Morgan fingerprint density at radius 1 is 0.741 bits per heavy atom. The Balaban J connectivity index is 0.000000119. The average molecular weight is 351 g/mol. The van der Waals surface area contributed by atoms with Crippen molar-refractivity contribution < 1.29 is 4.74 Å². The first kappa shape index (κ1) is 16.0. The fraction of sp³-hybridized carbons (Fsp3) is 0.120. The molecule has 0 amide bonds. The van der Waals surface area contributed by atoms with Gasteiger partial charge in [0.25, 0.3) is 0 Å². The van der Waals surface area contributed by atoms with Gasteiger partial charge in [0.05, 0.1) is 0 Å². The average Bonchev–Trinajstić information content (AvgIpc) is 3.24. The summed E-state index contributed by atoms with van der Waals surface area (Å²) in [4.78, 5) is 0. The molecule has 0 aliphatic carbocycles. The van der Waals surface area contributed by atoms with Gasteiger partial charge in [-0.25, -0.2) is 0 Å². The monoisotopic (exact) mass is 351 g/mol. The molecule has 4 aromatic rings. The maximum Gasteiger partial charge on any atom is 0.127 e. The van der Waals surface area contributed by atoms with Gasteiger partial charge in [-0.05, 0) is 40.3 Å². The second kappa shape index (κ2) is 6.81. The van der Waals surface area contributed by atoms with Gasteiger partial charge in [-0.15, -0.1) is 0 Å². The number of nitrogens with one attached hydrogen (secondary N) is 1. The van der Waals surface area contributed by atoms with Crippen LogP contribution in [0, 0.1) is 0 Å². The smallest absolute Gasteiger partial charge is 0.127 e. The fourth-order valence-corrected chi connectivity index (χ4v) is 3.93. The first-order chi connectivity index (χ1) is 13.4. The number of hydrogen-bond acceptors (Lipinski definition) is 2. The summed E-state index contributed by atoms with van der Waals surface area (Å²) in [5.41, 5.74) is 4.01. The Hall–Kier alpha value is -3.26. The molecule has 1 N–H and O–H groups in total. The first-order valence-electron chi connectivity index (χ1n) is 9.46. The zero-order valence-electron chi connectivity index (χ0n) is 15.1. The molecule has 2 heterocycles. The number of anilines is 1. The minimum Gasteiger partial charge on any atom is -0.489 e. The highest BCUT2D eigenvalue weighted by molar-refractivity contribution is 5.96. The van der Waals surface area contributed by atoms with E-state index in [9.17, 15) is 0 Å². The molecule has 2 aliphatic heterocycles. The molecule has 2 heteroatoms. The predicted molar refractivity (Wildman–Crippen MR) is 115 cm³/mol. The van der Waals surface area contributed by atoms with Crippen molar-refractivity contribution in [3.8, 4) is 5.75 Å².